The van der Waals surface area contributed by atoms with Gasteiger partial charge in [0.05, 0.1) is 0 Å². The summed E-state index contributed by atoms with van der Waals surface area (Å²) in [5.74, 6) is 0.488. The summed E-state index contributed by atoms with van der Waals surface area (Å²) in [5.41, 5.74) is 2.29. The predicted octanol–water partition coefficient (Wildman–Crippen LogP) is 2.85. The van der Waals surface area contributed by atoms with Crippen LogP contribution in [-0.2, 0) is 16.1 Å². The first-order valence-corrected chi connectivity index (χ1v) is 11.0. The highest BCUT2D eigenvalue weighted by atomic mass is 16.2. The van der Waals surface area contributed by atoms with Crippen molar-refractivity contribution in [1.29, 1.82) is 0 Å². The van der Waals surface area contributed by atoms with Crippen LogP contribution in [0, 0.1) is 11.8 Å². The molecule has 30 heavy (non-hydrogen) atoms. The quantitative estimate of drug-likeness (QED) is 0.829. The molecule has 2 fully saturated rings. The molecule has 0 bridgehead atoms. The molecule has 0 radical (unpaired) electrons. The van der Waals surface area contributed by atoms with E-state index in [9.17, 15) is 9.59 Å². The Kier molecular flexibility index (Phi) is 6.62. The first-order chi connectivity index (χ1) is 14.7. The van der Waals surface area contributed by atoms with E-state index < -0.39 is 0 Å². The standard InChI is InChI=1S/C24H30N4O2/c29-23(26-18-19-4-2-1-3-5-19)20-8-16-28(17-9-20)24(30)21-10-14-27(15-11-21)22-6-12-25-13-7-22/h1-7,12-13,20-21H,8-11,14-18H2,(H,26,29). The van der Waals surface area contributed by atoms with Crippen molar-refractivity contribution >= 4 is 17.5 Å². The van der Waals surface area contributed by atoms with Gasteiger partial charge in [0.1, 0.15) is 0 Å². The second-order valence-corrected chi connectivity index (χ2v) is 8.27. The molecule has 1 N–H and O–H groups in total. The largest absolute Gasteiger partial charge is 0.371 e. The van der Waals surface area contributed by atoms with Gasteiger partial charge in [-0.15, -0.1) is 0 Å². The molecule has 6 heteroatoms. The molecular formula is C24H30N4O2. The highest BCUT2D eigenvalue weighted by Crippen LogP contribution is 2.26. The lowest BCUT2D eigenvalue weighted by molar-refractivity contribution is -0.139. The number of benzene rings is 1. The topological polar surface area (TPSA) is 65.5 Å². The van der Waals surface area contributed by atoms with Crippen LogP contribution in [0.1, 0.15) is 31.2 Å². The molecule has 2 aliphatic heterocycles. The molecule has 0 saturated carbocycles. The average molecular weight is 407 g/mol. The van der Waals surface area contributed by atoms with E-state index in [1.54, 1.807) is 0 Å². The van der Waals surface area contributed by atoms with Gasteiger partial charge in [-0.3, -0.25) is 14.6 Å². The Morgan fingerprint density at radius 2 is 1.50 bits per heavy atom. The highest BCUT2D eigenvalue weighted by molar-refractivity contribution is 5.81. The number of carbonyl (C=O) groups is 2. The Labute approximate surface area is 178 Å². The summed E-state index contributed by atoms with van der Waals surface area (Å²) >= 11 is 0. The Balaban J connectivity index is 1.20. The number of likely N-dealkylation sites (tertiary alicyclic amines) is 1. The zero-order valence-electron chi connectivity index (χ0n) is 17.4. The monoisotopic (exact) mass is 406 g/mol. The number of hydrogen-bond acceptors (Lipinski definition) is 4. The number of anilines is 1. The Bertz CT molecular complexity index is 827. The lowest BCUT2D eigenvalue weighted by atomic mass is 9.91. The fourth-order valence-electron chi connectivity index (χ4n) is 4.49. The van der Waals surface area contributed by atoms with Crippen LogP contribution in [-0.4, -0.2) is 47.9 Å². The summed E-state index contributed by atoms with van der Waals surface area (Å²) in [7, 11) is 0. The Morgan fingerprint density at radius 3 is 2.17 bits per heavy atom. The number of aromatic nitrogens is 1. The Morgan fingerprint density at radius 1 is 0.867 bits per heavy atom. The van der Waals surface area contributed by atoms with Crippen molar-refractivity contribution in [2.45, 2.75) is 32.2 Å². The molecule has 1 aromatic heterocycles. The van der Waals surface area contributed by atoms with E-state index in [0.29, 0.717) is 19.6 Å². The molecule has 2 amide bonds. The fourth-order valence-corrected chi connectivity index (χ4v) is 4.49. The summed E-state index contributed by atoms with van der Waals surface area (Å²) in [4.78, 5) is 33.9. The van der Waals surface area contributed by atoms with Crippen LogP contribution in [0.3, 0.4) is 0 Å². The molecule has 6 nitrogen and oxygen atoms in total. The van der Waals surface area contributed by atoms with Gasteiger partial charge >= 0.3 is 0 Å². The first-order valence-electron chi connectivity index (χ1n) is 11.0. The van der Waals surface area contributed by atoms with Crippen molar-refractivity contribution in [3.63, 3.8) is 0 Å². The molecule has 0 atom stereocenters. The van der Waals surface area contributed by atoms with Gasteiger partial charge in [-0.05, 0) is 43.4 Å². The smallest absolute Gasteiger partial charge is 0.225 e. The molecule has 1 aromatic carbocycles. The average Bonchev–Trinajstić information content (AvgIpc) is 2.83. The first kappa shape index (κ1) is 20.4. The van der Waals surface area contributed by atoms with E-state index in [1.807, 2.05) is 59.8 Å². The number of nitrogens with zero attached hydrogens (tertiary/aromatic N) is 3. The normalized spacial score (nSPS) is 18.3. The van der Waals surface area contributed by atoms with Gasteiger partial charge in [0.2, 0.25) is 11.8 Å². The minimum atomic E-state index is 0.00583. The molecule has 158 valence electrons. The summed E-state index contributed by atoms with van der Waals surface area (Å²) in [5, 5.41) is 3.04. The number of amides is 2. The van der Waals surface area contributed by atoms with Crippen LogP contribution < -0.4 is 10.2 Å². The second-order valence-electron chi connectivity index (χ2n) is 8.27. The third kappa shape index (κ3) is 4.99. The van der Waals surface area contributed by atoms with E-state index >= 15 is 0 Å². The van der Waals surface area contributed by atoms with E-state index in [0.717, 1.165) is 44.3 Å². The van der Waals surface area contributed by atoms with Gasteiger partial charge in [0.15, 0.2) is 0 Å². The zero-order valence-corrected chi connectivity index (χ0v) is 17.4. The lowest BCUT2D eigenvalue weighted by Crippen LogP contribution is -2.47. The molecule has 0 aliphatic carbocycles. The molecule has 2 aromatic rings. The van der Waals surface area contributed by atoms with Crippen LogP contribution in [0.2, 0.25) is 0 Å². The van der Waals surface area contributed by atoms with Crippen LogP contribution in [0.5, 0.6) is 0 Å². The van der Waals surface area contributed by atoms with E-state index in [-0.39, 0.29) is 23.7 Å². The van der Waals surface area contributed by atoms with Gasteiger partial charge < -0.3 is 15.1 Å². The maximum absolute atomic E-state index is 13.0. The van der Waals surface area contributed by atoms with Crippen LogP contribution in [0.15, 0.2) is 54.9 Å². The van der Waals surface area contributed by atoms with Gasteiger partial charge in [0, 0.05) is 62.6 Å². The fraction of sp³-hybridized carbons (Fsp3) is 0.458. The minimum Gasteiger partial charge on any atom is -0.371 e. The van der Waals surface area contributed by atoms with Crippen LogP contribution >= 0.6 is 0 Å². The zero-order chi connectivity index (χ0) is 20.8. The molecule has 0 unspecified atom stereocenters. The molecule has 2 aliphatic rings. The van der Waals surface area contributed by atoms with Crippen molar-refractivity contribution in [2.75, 3.05) is 31.1 Å². The van der Waals surface area contributed by atoms with Gasteiger partial charge in [-0.1, -0.05) is 30.3 Å². The number of carbonyl (C=O) groups excluding carboxylic acids is 2. The summed E-state index contributed by atoms with van der Waals surface area (Å²) < 4.78 is 0. The summed E-state index contributed by atoms with van der Waals surface area (Å²) in [6, 6.07) is 14.0. The summed E-state index contributed by atoms with van der Waals surface area (Å²) in [6.45, 7) is 3.74. The third-order valence-electron chi connectivity index (χ3n) is 6.36. The second kappa shape index (κ2) is 9.74. The van der Waals surface area contributed by atoms with Gasteiger partial charge in [0.25, 0.3) is 0 Å². The van der Waals surface area contributed by atoms with E-state index in [2.05, 4.69) is 15.2 Å². The molecular weight excluding hydrogens is 376 g/mol. The SMILES string of the molecule is O=C(NCc1ccccc1)C1CCN(C(=O)C2CCN(c3ccncc3)CC2)CC1. The van der Waals surface area contributed by atoms with Crippen LogP contribution in [0.25, 0.3) is 0 Å². The molecule has 2 saturated heterocycles. The number of piperidine rings is 2. The van der Waals surface area contributed by atoms with Crippen molar-refractivity contribution in [3.8, 4) is 0 Å². The van der Waals surface area contributed by atoms with E-state index in [1.165, 1.54) is 5.69 Å². The van der Waals surface area contributed by atoms with Crippen molar-refractivity contribution < 1.29 is 9.59 Å². The summed E-state index contributed by atoms with van der Waals surface area (Å²) in [6.07, 6.45) is 6.90. The number of rotatable bonds is 5. The highest BCUT2D eigenvalue weighted by Gasteiger charge is 2.32. The number of nitrogens with one attached hydrogen (secondary N) is 1. The maximum atomic E-state index is 13.0. The maximum Gasteiger partial charge on any atom is 0.225 e. The number of pyridine rings is 1. The lowest BCUT2D eigenvalue weighted by Gasteiger charge is -2.37. The predicted molar refractivity (Wildman–Crippen MR) is 117 cm³/mol. The minimum absolute atomic E-state index is 0.00583. The number of hydrogen-bond donors (Lipinski definition) is 1. The molecule has 3 heterocycles. The van der Waals surface area contributed by atoms with Crippen molar-refractivity contribution in [2.24, 2.45) is 11.8 Å². The van der Waals surface area contributed by atoms with Crippen LogP contribution in [0.4, 0.5) is 5.69 Å². The molecule has 0 spiro atoms. The van der Waals surface area contributed by atoms with Crippen molar-refractivity contribution in [1.82, 2.24) is 15.2 Å². The van der Waals surface area contributed by atoms with Crippen molar-refractivity contribution in [3.05, 3.63) is 60.4 Å². The van der Waals surface area contributed by atoms with Gasteiger partial charge in [-0.25, -0.2) is 0 Å². The van der Waals surface area contributed by atoms with E-state index in [4.69, 9.17) is 0 Å². The Hall–Kier alpha value is -2.89. The molecule has 4 rings (SSSR count). The van der Waals surface area contributed by atoms with Gasteiger partial charge in [-0.2, -0.15) is 0 Å². The third-order valence-corrected chi connectivity index (χ3v) is 6.36.